The summed E-state index contributed by atoms with van der Waals surface area (Å²) in [5, 5.41) is 2.76. The standard InChI is InChI=1S/C12H11F2N3O/c1-18-12-10(15)2-3-11(17-12)16-9-5-7(13)4-8(14)6-9/h2-6H,15H2,1H3,(H,16,17). The molecule has 1 aromatic heterocycles. The molecule has 0 fully saturated rings. The first-order chi connectivity index (χ1) is 8.58. The molecule has 0 aliphatic carbocycles. The maximum Gasteiger partial charge on any atom is 0.238 e. The van der Waals surface area contributed by atoms with Gasteiger partial charge >= 0.3 is 0 Å². The van der Waals surface area contributed by atoms with Gasteiger partial charge in [-0.15, -0.1) is 0 Å². The molecule has 0 amide bonds. The van der Waals surface area contributed by atoms with Crippen molar-refractivity contribution >= 4 is 17.2 Å². The van der Waals surface area contributed by atoms with E-state index in [1.54, 1.807) is 12.1 Å². The predicted octanol–water partition coefficient (Wildman–Crippen LogP) is 2.69. The highest BCUT2D eigenvalue weighted by atomic mass is 19.1. The largest absolute Gasteiger partial charge is 0.479 e. The molecule has 0 atom stereocenters. The lowest BCUT2D eigenvalue weighted by atomic mass is 10.3. The van der Waals surface area contributed by atoms with Crippen LogP contribution in [0.3, 0.4) is 0 Å². The van der Waals surface area contributed by atoms with Crippen molar-refractivity contribution in [2.75, 3.05) is 18.2 Å². The van der Waals surface area contributed by atoms with E-state index in [9.17, 15) is 8.78 Å². The van der Waals surface area contributed by atoms with E-state index >= 15 is 0 Å². The van der Waals surface area contributed by atoms with Crippen LogP contribution in [0.15, 0.2) is 30.3 Å². The second-order valence-electron chi connectivity index (χ2n) is 3.58. The van der Waals surface area contributed by atoms with Crippen LogP contribution in [0.1, 0.15) is 0 Å². The van der Waals surface area contributed by atoms with E-state index in [1.807, 2.05) is 0 Å². The highest BCUT2D eigenvalue weighted by Gasteiger charge is 2.05. The van der Waals surface area contributed by atoms with Gasteiger partial charge in [-0.1, -0.05) is 0 Å². The van der Waals surface area contributed by atoms with Crippen molar-refractivity contribution in [3.8, 4) is 5.88 Å². The number of hydrogen-bond donors (Lipinski definition) is 2. The van der Waals surface area contributed by atoms with E-state index in [0.717, 1.165) is 18.2 Å². The molecule has 0 spiro atoms. The molecule has 4 nitrogen and oxygen atoms in total. The first-order valence-corrected chi connectivity index (χ1v) is 5.12. The van der Waals surface area contributed by atoms with Crippen LogP contribution >= 0.6 is 0 Å². The number of hydrogen-bond acceptors (Lipinski definition) is 4. The summed E-state index contributed by atoms with van der Waals surface area (Å²) in [4.78, 5) is 4.04. The van der Waals surface area contributed by atoms with Gasteiger partial charge < -0.3 is 15.8 Å². The van der Waals surface area contributed by atoms with Gasteiger partial charge in [0.2, 0.25) is 5.88 Å². The maximum absolute atomic E-state index is 13.0. The molecular formula is C12H11F2N3O. The van der Waals surface area contributed by atoms with Crippen molar-refractivity contribution in [3.63, 3.8) is 0 Å². The molecule has 1 heterocycles. The molecule has 2 rings (SSSR count). The summed E-state index contributed by atoms with van der Waals surface area (Å²) in [7, 11) is 1.43. The molecule has 0 aliphatic rings. The summed E-state index contributed by atoms with van der Waals surface area (Å²) >= 11 is 0. The van der Waals surface area contributed by atoms with Crippen molar-refractivity contribution in [1.82, 2.24) is 4.98 Å². The number of halogens is 2. The first kappa shape index (κ1) is 12.1. The zero-order valence-electron chi connectivity index (χ0n) is 9.58. The minimum absolute atomic E-state index is 0.247. The molecule has 0 radical (unpaired) electrons. The number of nitrogens with zero attached hydrogens (tertiary/aromatic N) is 1. The third-order valence-corrected chi connectivity index (χ3v) is 2.22. The van der Waals surface area contributed by atoms with Gasteiger partial charge in [-0.3, -0.25) is 0 Å². The van der Waals surface area contributed by atoms with Crippen LogP contribution in [0.2, 0.25) is 0 Å². The number of aromatic nitrogens is 1. The lowest BCUT2D eigenvalue weighted by molar-refractivity contribution is 0.401. The Bertz CT molecular complexity index is 555. The summed E-state index contributed by atoms with van der Waals surface area (Å²) in [6, 6.07) is 6.29. The van der Waals surface area contributed by atoms with Crippen LogP contribution in [0.5, 0.6) is 5.88 Å². The zero-order chi connectivity index (χ0) is 13.1. The normalized spacial score (nSPS) is 10.2. The molecule has 0 bridgehead atoms. The summed E-state index contributed by atoms with van der Waals surface area (Å²) < 4.78 is 30.9. The molecule has 0 saturated heterocycles. The topological polar surface area (TPSA) is 60.2 Å². The zero-order valence-corrected chi connectivity index (χ0v) is 9.58. The lowest BCUT2D eigenvalue weighted by Crippen LogP contribution is -1.99. The SMILES string of the molecule is COc1nc(Nc2cc(F)cc(F)c2)ccc1N. The molecule has 2 aromatic rings. The maximum atomic E-state index is 13.0. The lowest BCUT2D eigenvalue weighted by Gasteiger charge is -2.08. The number of benzene rings is 1. The van der Waals surface area contributed by atoms with Crippen LogP contribution in [0, 0.1) is 11.6 Å². The number of nitrogens with two attached hydrogens (primary N) is 1. The number of nitrogen functional groups attached to an aromatic ring is 1. The first-order valence-electron chi connectivity index (χ1n) is 5.12. The van der Waals surface area contributed by atoms with Crippen LogP contribution < -0.4 is 15.8 Å². The fraction of sp³-hybridized carbons (Fsp3) is 0.0833. The number of ether oxygens (including phenoxy) is 1. The number of nitrogens with one attached hydrogen (secondary N) is 1. The smallest absolute Gasteiger partial charge is 0.238 e. The van der Waals surface area contributed by atoms with E-state index in [4.69, 9.17) is 10.5 Å². The highest BCUT2D eigenvalue weighted by molar-refractivity contribution is 5.60. The molecule has 1 aromatic carbocycles. The molecule has 0 aliphatic heterocycles. The number of methoxy groups -OCH3 is 1. The third kappa shape index (κ3) is 2.65. The predicted molar refractivity (Wildman–Crippen MR) is 64.8 cm³/mol. The van der Waals surface area contributed by atoms with Crippen molar-refractivity contribution < 1.29 is 13.5 Å². The van der Waals surface area contributed by atoms with Gasteiger partial charge in [0.15, 0.2) is 0 Å². The van der Waals surface area contributed by atoms with Crippen molar-refractivity contribution in [3.05, 3.63) is 42.0 Å². The Kier molecular flexibility index (Phi) is 3.27. The number of rotatable bonds is 3. The third-order valence-electron chi connectivity index (χ3n) is 2.22. The average molecular weight is 251 g/mol. The Morgan fingerprint density at radius 3 is 2.44 bits per heavy atom. The van der Waals surface area contributed by atoms with Gasteiger partial charge in [0, 0.05) is 11.8 Å². The molecular weight excluding hydrogens is 240 g/mol. The van der Waals surface area contributed by atoms with E-state index < -0.39 is 11.6 Å². The van der Waals surface area contributed by atoms with Crippen LogP contribution in [0.4, 0.5) is 26.0 Å². The second-order valence-corrected chi connectivity index (χ2v) is 3.58. The monoisotopic (exact) mass is 251 g/mol. The van der Waals surface area contributed by atoms with Crippen LogP contribution in [-0.2, 0) is 0 Å². The Hall–Kier alpha value is -2.37. The minimum atomic E-state index is -0.667. The fourth-order valence-corrected chi connectivity index (χ4v) is 1.46. The summed E-state index contributed by atoms with van der Waals surface area (Å²) in [5.74, 6) is -0.706. The minimum Gasteiger partial charge on any atom is -0.479 e. The highest BCUT2D eigenvalue weighted by Crippen LogP contribution is 2.23. The molecule has 0 saturated carbocycles. The van der Waals surface area contributed by atoms with Gasteiger partial charge in [0.05, 0.1) is 12.8 Å². The molecule has 18 heavy (non-hydrogen) atoms. The van der Waals surface area contributed by atoms with E-state index in [1.165, 1.54) is 7.11 Å². The van der Waals surface area contributed by atoms with E-state index in [-0.39, 0.29) is 11.6 Å². The van der Waals surface area contributed by atoms with Crippen molar-refractivity contribution in [2.24, 2.45) is 0 Å². The van der Waals surface area contributed by atoms with Gasteiger partial charge in [-0.2, -0.15) is 4.98 Å². The van der Waals surface area contributed by atoms with Crippen molar-refractivity contribution in [1.29, 1.82) is 0 Å². The number of pyridine rings is 1. The Labute approximate surface area is 102 Å². The fourth-order valence-electron chi connectivity index (χ4n) is 1.46. The molecule has 94 valence electrons. The van der Waals surface area contributed by atoms with Gasteiger partial charge in [-0.25, -0.2) is 8.78 Å². The molecule has 6 heteroatoms. The Balaban J connectivity index is 2.28. The van der Waals surface area contributed by atoms with Gasteiger partial charge in [0.25, 0.3) is 0 Å². The summed E-state index contributed by atoms with van der Waals surface area (Å²) in [6.07, 6.45) is 0. The summed E-state index contributed by atoms with van der Waals surface area (Å²) in [6.45, 7) is 0. The second kappa shape index (κ2) is 4.87. The van der Waals surface area contributed by atoms with Gasteiger partial charge in [0.1, 0.15) is 17.5 Å². The summed E-state index contributed by atoms with van der Waals surface area (Å²) in [5.41, 5.74) is 6.25. The average Bonchev–Trinajstić information content (AvgIpc) is 2.30. The molecule has 3 N–H and O–H groups in total. The van der Waals surface area contributed by atoms with E-state index in [2.05, 4.69) is 10.3 Å². The Morgan fingerprint density at radius 2 is 1.83 bits per heavy atom. The quantitative estimate of drug-likeness (QED) is 0.880. The van der Waals surface area contributed by atoms with Crippen LogP contribution in [0.25, 0.3) is 0 Å². The van der Waals surface area contributed by atoms with Crippen molar-refractivity contribution in [2.45, 2.75) is 0 Å². The Morgan fingerprint density at radius 1 is 1.17 bits per heavy atom. The van der Waals surface area contributed by atoms with E-state index in [0.29, 0.717) is 11.5 Å². The molecule has 0 unspecified atom stereocenters. The van der Waals surface area contributed by atoms with Crippen LogP contribution in [-0.4, -0.2) is 12.1 Å². The van der Waals surface area contributed by atoms with Gasteiger partial charge in [-0.05, 0) is 24.3 Å². The number of anilines is 3.